The third-order valence-corrected chi connectivity index (χ3v) is 7.37. The predicted octanol–water partition coefficient (Wildman–Crippen LogP) is 5.37. The number of nitrogens with zero attached hydrogens (tertiary/aromatic N) is 5. The average molecular weight is 511 g/mol. The molecule has 4 aromatic rings. The summed E-state index contributed by atoms with van der Waals surface area (Å²) in [6.07, 6.45) is 5.97. The molecule has 2 aromatic heterocycles. The zero-order valence-electron chi connectivity index (χ0n) is 22.7. The number of rotatable bonds is 6. The lowest BCUT2D eigenvalue weighted by Crippen LogP contribution is -2.42. The molecule has 0 bridgehead atoms. The van der Waals surface area contributed by atoms with E-state index in [1.165, 1.54) is 7.11 Å². The number of pyridine rings is 1. The van der Waals surface area contributed by atoms with Gasteiger partial charge in [0.25, 0.3) is 0 Å². The summed E-state index contributed by atoms with van der Waals surface area (Å²) in [6, 6.07) is 14.5. The van der Waals surface area contributed by atoms with Crippen molar-refractivity contribution in [3.05, 3.63) is 71.5 Å². The quantitative estimate of drug-likeness (QED) is 0.347. The number of hydrogen-bond donors (Lipinski definition) is 1. The fraction of sp³-hybridized carbons (Fsp3) is 0.333. The maximum absolute atomic E-state index is 12.1. The molecule has 1 aliphatic heterocycles. The molecule has 0 saturated carbocycles. The second kappa shape index (κ2) is 10.8. The number of hydrogen-bond acceptors (Lipinski definition) is 8. The van der Waals surface area contributed by atoms with E-state index in [0.717, 1.165) is 70.6 Å². The van der Waals surface area contributed by atoms with Crippen LogP contribution in [0.1, 0.15) is 34.3 Å². The Labute approximate surface area is 223 Å². The van der Waals surface area contributed by atoms with Gasteiger partial charge in [-0.15, -0.1) is 0 Å². The fourth-order valence-electron chi connectivity index (χ4n) is 5.10. The lowest BCUT2D eigenvalue weighted by Gasteiger charge is -2.35. The van der Waals surface area contributed by atoms with Crippen molar-refractivity contribution in [2.75, 3.05) is 44.5 Å². The minimum atomic E-state index is -0.348. The summed E-state index contributed by atoms with van der Waals surface area (Å²) >= 11 is 0. The first-order chi connectivity index (χ1) is 18.3. The molecule has 0 amide bonds. The number of benzene rings is 2. The molecule has 0 radical (unpaired) electrons. The molecule has 1 fully saturated rings. The Balaban J connectivity index is 1.34. The first-order valence-electron chi connectivity index (χ1n) is 12.9. The van der Waals surface area contributed by atoms with Crippen LogP contribution in [-0.2, 0) is 4.74 Å². The molecule has 3 heterocycles. The zero-order chi connectivity index (χ0) is 26.8. The lowest BCUT2D eigenvalue weighted by molar-refractivity contribution is 0.0601. The number of methoxy groups -OCH3 is 1. The van der Waals surface area contributed by atoms with Crippen LogP contribution in [0.4, 0.5) is 17.5 Å². The fourth-order valence-corrected chi connectivity index (χ4v) is 5.10. The number of nitrogens with one attached hydrogen (secondary N) is 1. The summed E-state index contributed by atoms with van der Waals surface area (Å²) in [5, 5.41) is 4.23. The van der Waals surface area contributed by atoms with Gasteiger partial charge in [0.1, 0.15) is 5.82 Å². The molecule has 5 rings (SSSR count). The van der Waals surface area contributed by atoms with E-state index in [2.05, 4.69) is 57.4 Å². The van der Waals surface area contributed by atoms with Crippen molar-refractivity contribution in [3.63, 3.8) is 0 Å². The zero-order valence-corrected chi connectivity index (χ0v) is 22.7. The van der Waals surface area contributed by atoms with Crippen molar-refractivity contribution >= 4 is 34.3 Å². The monoisotopic (exact) mass is 510 g/mol. The number of carbonyl (C=O) groups is 1. The number of esters is 1. The third-order valence-electron chi connectivity index (χ3n) is 7.37. The molecule has 8 heteroatoms. The third kappa shape index (κ3) is 5.31. The van der Waals surface area contributed by atoms with Gasteiger partial charge in [-0.1, -0.05) is 6.07 Å². The second-order valence-corrected chi connectivity index (χ2v) is 10.2. The van der Waals surface area contributed by atoms with Gasteiger partial charge in [0, 0.05) is 30.7 Å². The Morgan fingerprint density at radius 1 is 1.00 bits per heavy atom. The van der Waals surface area contributed by atoms with Crippen molar-refractivity contribution in [1.29, 1.82) is 0 Å². The number of aromatic nitrogens is 3. The maximum atomic E-state index is 12.1. The molecule has 0 spiro atoms. The van der Waals surface area contributed by atoms with Crippen molar-refractivity contribution in [2.24, 2.45) is 0 Å². The minimum absolute atomic E-state index is 0.348. The maximum Gasteiger partial charge on any atom is 0.337 e. The predicted molar refractivity (Wildman–Crippen MR) is 152 cm³/mol. The first-order valence-corrected chi connectivity index (χ1v) is 12.9. The van der Waals surface area contributed by atoms with Crippen LogP contribution in [-0.4, -0.2) is 66.2 Å². The molecular formula is C30H34N6O2. The number of anilines is 3. The summed E-state index contributed by atoms with van der Waals surface area (Å²) in [7, 11) is 5.70. The number of ether oxygens (including phenoxy) is 1. The Morgan fingerprint density at radius 3 is 2.47 bits per heavy atom. The highest BCUT2D eigenvalue weighted by Gasteiger charge is 2.21. The van der Waals surface area contributed by atoms with Crippen molar-refractivity contribution < 1.29 is 9.53 Å². The highest BCUT2D eigenvalue weighted by molar-refractivity contribution is 5.93. The summed E-state index contributed by atoms with van der Waals surface area (Å²) in [4.78, 5) is 30.7. The number of aryl methyl sites for hydroxylation is 2. The summed E-state index contributed by atoms with van der Waals surface area (Å²) in [5.41, 5.74) is 6.35. The summed E-state index contributed by atoms with van der Waals surface area (Å²) < 4.78 is 4.90. The van der Waals surface area contributed by atoms with Crippen LogP contribution in [0.15, 0.2) is 54.9 Å². The first kappa shape index (κ1) is 25.6. The van der Waals surface area contributed by atoms with Crippen LogP contribution in [0, 0.1) is 13.8 Å². The highest BCUT2D eigenvalue weighted by atomic mass is 16.5. The van der Waals surface area contributed by atoms with Crippen molar-refractivity contribution in [2.45, 2.75) is 32.7 Å². The Bertz CT molecular complexity index is 1460. The van der Waals surface area contributed by atoms with E-state index in [4.69, 9.17) is 9.72 Å². The molecule has 0 aliphatic carbocycles. The molecule has 38 heavy (non-hydrogen) atoms. The van der Waals surface area contributed by atoms with Gasteiger partial charge in [-0.2, -0.15) is 0 Å². The van der Waals surface area contributed by atoms with Gasteiger partial charge in [-0.05, 0) is 99.4 Å². The van der Waals surface area contributed by atoms with Gasteiger partial charge in [-0.25, -0.2) is 19.7 Å². The molecule has 0 atom stereocenters. The molecule has 1 aliphatic rings. The van der Waals surface area contributed by atoms with Crippen molar-refractivity contribution in [3.8, 4) is 11.1 Å². The number of fused-ring (bicyclic) bond motifs is 1. The average Bonchev–Trinajstić information content (AvgIpc) is 2.93. The SMILES string of the molecule is COC(=O)c1ccc(C)c(-c2cc(C)c3nc(Nc4ccc(N5CCC(N(C)C)CC5)nc4)ncc3c2)c1. The van der Waals surface area contributed by atoms with Gasteiger partial charge < -0.3 is 19.9 Å². The minimum Gasteiger partial charge on any atom is -0.465 e. The van der Waals surface area contributed by atoms with E-state index < -0.39 is 0 Å². The number of carbonyl (C=O) groups excluding carboxylic acids is 1. The van der Waals surface area contributed by atoms with Gasteiger partial charge in [0.2, 0.25) is 5.95 Å². The second-order valence-electron chi connectivity index (χ2n) is 10.2. The van der Waals surface area contributed by atoms with E-state index in [1.54, 1.807) is 6.07 Å². The largest absolute Gasteiger partial charge is 0.465 e. The van der Waals surface area contributed by atoms with Gasteiger partial charge in [0.15, 0.2) is 0 Å². The van der Waals surface area contributed by atoms with Crippen LogP contribution >= 0.6 is 0 Å². The van der Waals surface area contributed by atoms with Gasteiger partial charge in [-0.3, -0.25) is 0 Å². The van der Waals surface area contributed by atoms with E-state index in [9.17, 15) is 4.79 Å². The summed E-state index contributed by atoms with van der Waals surface area (Å²) in [6.45, 7) is 6.11. The smallest absolute Gasteiger partial charge is 0.337 e. The molecule has 2 aromatic carbocycles. The van der Waals surface area contributed by atoms with Crippen LogP contribution in [0.2, 0.25) is 0 Å². The standard InChI is InChI=1S/C30H34N6O2/c1-19-6-7-21(29(37)38-5)16-26(19)22-14-20(2)28-23(15-22)17-32-30(34-28)33-24-8-9-27(31-18-24)36-12-10-25(11-13-36)35(3)4/h6-9,14-18,25H,10-13H2,1-5H3,(H,32,33,34). The van der Waals surface area contributed by atoms with Crippen LogP contribution < -0.4 is 10.2 Å². The topological polar surface area (TPSA) is 83.5 Å². The Hall–Kier alpha value is -4.04. The molecule has 0 unspecified atom stereocenters. The highest BCUT2D eigenvalue weighted by Crippen LogP contribution is 2.30. The molecule has 1 saturated heterocycles. The Kier molecular flexibility index (Phi) is 7.24. The summed E-state index contributed by atoms with van der Waals surface area (Å²) in [5.74, 6) is 1.18. The van der Waals surface area contributed by atoms with E-state index >= 15 is 0 Å². The van der Waals surface area contributed by atoms with E-state index in [0.29, 0.717) is 17.6 Å². The molecule has 196 valence electrons. The number of piperidine rings is 1. The van der Waals surface area contributed by atoms with Crippen LogP contribution in [0.25, 0.3) is 22.0 Å². The van der Waals surface area contributed by atoms with Crippen LogP contribution in [0.3, 0.4) is 0 Å². The molecular weight excluding hydrogens is 476 g/mol. The van der Waals surface area contributed by atoms with E-state index in [1.807, 2.05) is 44.4 Å². The van der Waals surface area contributed by atoms with Gasteiger partial charge in [0.05, 0.1) is 30.1 Å². The van der Waals surface area contributed by atoms with Gasteiger partial charge >= 0.3 is 5.97 Å². The van der Waals surface area contributed by atoms with Crippen molar-refractivity contribution in [1.82, 2.24) is 19.9 Å². The molecule has 1 N–H and O–H groups in total. The van der Waals surface area contributed by atoms with Crippen LogP contribution in [0.5, 0.6) is 0 Å². The molecule has 8 nitrogen and oxygen atoms in total. The van der Waals surface area contributed by atoms with E-state index in [-0.39, 0.29) is 5.97 Å². The normalized spacial score (nSPS) is 14.2. The lowest BCUT2D eigenvalue weighted by atomic mass is 9.95. The Morgan fingerprint density at radius 2 is 1.79 bits per heavy atom.